The van der Waals surface area contributed by atoms with Crippen LogP contribution in [0.15, 0.2) is 22.7 Å². The van der Waals surface area contributed by atoms with E-state index in [1.807, 2.05) is 25.1 Å². The largest absolute Gasteiger partial charge is 0.278 e. The minimum atomic E-state index is -0.133. The van der Waals surface area contributed by atoms with Gasteiger partial charge in [0.25, 0.3) is 5.91 Å². The monoisotopic (exact) mass is 313 g/mol. The first-order valence-electron chi connectivity index (χ1n) is 5.06. The number of carbonyl (C=O) groups is 1. The Labute approximate surface area is 112 Å². The molecule has 0 N–H and O–H groups in total. The lowest BCUT2D eigenvalue weighted by Crippen LogP contribution is -2.25. The average Bonchev–Trinajstić information content (AvgIpc) is 2.63. The summed E-state index contributed by atoms with van der Waals surface area (Å²) in [4.78, 5) is 18.2. The molecule has 1 heterocycles. The minimum Gasteiger partial charge on any atom is -0.274 e. The molecule has 1 aromatic heterocycles. The highest BCUT2D eigenvalue weighted by molar-refractivity contribution is 9.10. The maximum Gasteiger partial charge on any atom is 0.278 e. The highest BCUT2D eigenvalue weighted by atomic mass is 79.9. The Kier molecular flexibility index (Phi) is 3.51. The Morgan fingerprint density at radius 1 is 1.47 bits per heavy atom. The zero-order chi connectivity index (χ0) is 12.6. The number of hydrogen-bond acceptors (Lipinski definition) is 3. The van der Waals surface area contributed by atoms with Crippen LogP contribution in [0.5, 0.6) is 0 Å². The fraction of sp³-hybridized carbons (Fsp3) is 0.250. The van der Waals surface area contributed by atoms with E-state index in [0.29, 0.717) is 5.56 Å². The summed E-state index contributed by atoms with van der Waals surface area (Å²) in [5, 5.41) is 2.31. The molecule has 17 heavy (non-hydrogen) atoms. The van der Waals surface area contributed by atoms with Crippen LogP contribution < -0.4 is 0 Å². The second-order valence-electron chi connectivity index (χ2n) is 3.64. The maximum atomic E-state index is 12.1. The number of fused-ring (bicyclic) bond motifs is 1. The molecule has 0 aliphatic carbocycles. The van der Waals surface area contributed by atoms with Crippen LogP contribution in [0.25, 0.3) is 10.1 Å². The third-order valence-electron chi connectivity index (χ3n) is 2.61. The molecule has 0 saturated carbocycles. The first-order valence-corrected chi connectivity index (χ1v) is 6.67. The van der Waals surface area contributed by atoms with Gasteiger partial charge < -0.3 is 0 Å². The summed E-state index contributed by atoms with van der Waals surface area (Å²) in [5.74, 6) is -0.133. The van der Waals surface area contributed by atoms with Gasteiger partial charge in [-0.25, -0.2) is 5.06 Å². The smallest absolute Gasteiger partial charge is 0.274 e. The molecular weight excluding hydrogens is 302 g/mol. The van der Waals surface area contributed by atoms with Crippen molar-refractivity contribution in [2.75, 3.05) is 14.2 Å². The number of carbonyl (C=O) groups excluding carboxylic acids is 1. The molecule has 0 aliphatic rings. The van der Waals surface area contributed by atoms with E-state index in [0.717, 1.165) is 14.6 Å². The van der Waals surface area contributed by atoms with Gasteiger partial charge in [0.15, 0.2) is 0 Å². The van der Waals surface area contributed by atoms with Gasteiger partial charge in [-0.05, 0) is 28.9 Å². The van der Waals surface area contributed by atoms with Crippen LogP contribution in [0.2, 0.25) is 0 Å². The van der Waals surface area contributed by atoms with E-state index in [-0.39, 0.29) is 5.91 Å². The molecule has 2 rings (SSSR count). The Morgan fingerprint density at radius 2 is 2.18 bits per heavy atom. The summed E-state index contributed by atoms with van der Waals surface area (Å²) in [6.07, 6.45) is 0. The first-order chi connectivity index (χ1) is 8.06. The molecule has 90 valence electrons. The molecule has 0 spiro atoms. The van der Waals surface area contributed by atoms with Crippen molar-refractivity contribution in [3.8, 4) is 0 Å². The lowest BCUT2D eigenvalue weighted by molar-refractivity contribution is -0.0755. The zero-order valence-electron chi connectivity index (χ0n) is 9.78. The minimum absolute atomic E-state index is 0.133. The van der Waals surface area contributed by atoms with Crippen molar-refractivity contribution >= 4 is 43.3 Å². The number of hydroxylamine groups is 2. The molecule has 0 bridgehead atoms. The zero-order valence-corrected chi connectivity index (χ0v) is 12.2. The van der Waals surface area contributed by atoms with Crippen LogP contribution in [0.4, 0.5) is 0 Å². The third kappa shape index (κ3) is 2.10. The molecule has 0 atom stereocenters. The predicted octanol–water partition coefficient (Wildman–Crippen LogP) is 3.61. The normalized spacial score (nSPS) is 10.8. The van der Waals surface area contributed by atoms with Gasteiger partial charge in [0.2, 0.25) is 0 Å². The quantitative estimate of drug-likeness (QED) is 0.793. The number of hydrogen-bond donors (Lipinski definition) is 0. The lowest BCUT2D eigenvalue weighted by Gasteiger charge is -2.13. The van der Waals surface area contributed by atoms with E-state index in [9.17, 15) is 4.79 Å². The molecule has 0 unspecified atom stereocenters. The van der Waals surface area contributed by atoms with E-state index < -0.39 is 0 Å². The number of thiophene rings is 1. The van der Waals surface area contributed by atoms with Crippen molar-refractivity contribution in [1.29, 1.82) is 0 Å². The van der Waals surface area contributed by atoms with Crippen molar-refractivity contribution < 1.29 is 9.63 Å². The third-order valence-corrected chi connectivity index (χ3v) is 5.04. The van der Waals surface area contributed by atoms with Gasteiger partial charge in [-0.1, -0.05) is 12.1 Å². The number of benzene rings is 1. The molecule has 0 fully saturated rings. The second-order valence-corrected chi connectivity index (χ2v) is 5.66. The van der Waals surface area contributed by atoms with E-state index in [1.54, 1.807) is 18.4 Å². The summed E-state index contributed by atoms with van der Waals surface area (Å²) in [6.45, 7) is 2.03. The summed E-state index contributed by atoms with van der Waals surface area (Å²) in [5.41, 5.74) is 0.672. The Morgan fingerprint density at radius 3 is 2.82 bits per heavy atom. The molecule has 3 nitrogen and oxygen atoms in total. The summed E-state index contributed by atoms with van der Waals surface area (Å²) >= 11 is 5.15. The van der Waals surface area contributed by atoms with Gasteiger partial charge in [0, 0.05) is 26.5 Å². The van der Waals surface area contributed by atoms with Crippen molar-refractivity contribution in [3.05, 3.63) is 33.1 Å². The second kappa shape index (κ2) is 4.76. The number of amides is 1. The maximum absolute atomic E-state index is 12.1. The van der Waals surface area contributed by atoms with Gasteiger partial charge in [-0.15, -0.1) is 11.3 Å². The van der Waals surface area contributed by atoms with Gasteiger partial charge in [0.1, 0.15) is 0 Å². The summed E-state index contributed by atoms with van der Waals surface area (Å²) in [7, 11) is 3.09. The molecule has 0 aliphatic heterocycles. The summed E-state index contributed by atoms with van der Waals surface area (Å²) < 4.78 is 2.05. The van der Waals surface area contributed by atoms with Crippen LogP contribution >= 0.6 is 27.3 Å². The number of rotatable bonds is 2. The number of nitrogens with zero attached hydrogens (tertiary/aromatic N) is 1. The average molecular weight is 314 g/mol. The van der Waals surface area contributed by atoms with Crippen LogP contribution in [0, 0.1) is 6.92 Å². The molecule has 5 heteroatoms. The van der Waals surface area contributed by atoms with Crippen LogP contribution in [0.3, 0.4) is 0 Å². The predicted molar refractivity (Wildman–Crippen MR) is 73.4 cm³/mol. The Bertz CT molecular complexity index is 579. The van der Waals surface area contributed by atoms with Crippen LogP contribution in [-0.4, -0.2) is 25.1 Å². The van der Waals surface area contributed by atoms with Crippen LogP contribution in [-0.2, 0) is 4.84 Å². The van der Waals surface area contributed by atoms with Gasteiger partial charge in [-0.2, -0.15) is 0 Å². The van der Waals surface area contributed by atoms with E-state index >= 15 is 0 Å². The number of aryl methyl sites for hydroxylation is 1. The molecule has 0 saturated heterocycles. The molecule has 1 amide bonds. The highest BCUT2D eigenvalue weighted by Crippen LogP contribution is 2.37. The van der Waals surface area contributed by atoms with Gasteiger partial charge in [-0.3, -0.25) is 9.63 Å². The first kappa shape index (κ1) is 12.5. The molecular formula is C12H12BrNO2S. The fourth-order valence-corrected chi connectivity index (χ4v) is 3.38. The summed E-state index contributed by atoms with van der Waals surface area (Å²) in [6, 6.07) is 5.71. The fourth-order valence-electron chi connectivity index (χ4n) is 1.63. The van der Waals surface area contributed by atoms with E-state index in [4.69, 9.17) is 4.84 Å². The standard InChI is InChI=1S/C12H12BrNO2S/c1-7-10(13)8-5-4-6-9(11(8)17-7)12(15)14(2)16-3/h4-6H,1-3H3. The van der Waals surface area contributed by atoms with Crippen LogP contribution in [0.1, 0.15) is 15.2 Å². The molecule has 0 radical (unpaired) electrons. The van der Waals surface area contributed by atoms with Crippen molar-refractivity contribution in [2.24, 2.45) is 0 Å². The number of halogens is 1. The highest BCUT2D eigenvalue weighted by Gasteiger charge is 2.17. The lowest BCUT2D eigenvalue weighted by atomic mass is 10.1. The van der Waals surface area contributed by atoms with Gasteiger partial charge >= 0.3 is 0 Å². The van der Waals surface area contributed by atoms with E-state index in [1.165, 1.54) is 17.1 Å². The van der Waals surface area contributed by atoms with Crippen molar-refractivity contribution in [3.63, 3.8) is 0 Å². The van der Waals surface area contributed by atoms with Gasteiger partial charge in [0.05, 0.1) is 12.7 Å². The Hall–Kier alpha value is -0.910. The van der Waals surface area contributed by atoms with Crippen molar-refractivity contribution in [2.45, 2.75) is 6.92 Å². The van der Waals surface area contributed by atoms with Crippen molar-refractivity contribution in [1.82, 2.24) is 5.06 Å². The molecule has 2 aromatic rings. The van der Waals surface area contributed by atoms with E-state index in [2.05, 4.69) is 15.9 Å². The topological polar surface area (TPSA) is 29.5 Å². The molecule has 1 aromatic carbocycles. The Balaban J connectivity index is 2.63. The SMILES string of the molecule is CON(C)C(=O)c1cccc2c(Br)c(C)sc12.